The first-order chi connectivity index (χ1) is 5.02. The predicted molar refractivity (Wildman–Crippen MR) is 58.5 cm³/mol. The number of hydrogen-bond acceptors (Lipinski definition) is 0. The Morgan fingerprint density at radius 3 is 1.64 bits per heavy atom. The maximum Gasteiger partial charge on any atom is 0.0414 e. The van der Waals surface area contributed by atoms with Crippen LogP contribution in [0.15, 0.2) is 29.2 Å². The molecule has 14 heavy (non-hydrogen) atoms. The van der Waals surface area contributed by atoms with E-state index >= 15 is 0 Å². The summed E-state index contributed by atoms with van der Waals surface area (Å²) in [5.41, 5.74) is 1.44. The Bertz CT molecular complexity index is 256. The molecule has 0 fully saturated rings. The second-order valence-electron chi connectivity index (χ2n) is 3.75. The van der Waals surface area contributed by atoms with Crippen LogP contribution in [0.2, 0.25) is 0 Å². The van der Waals surface area contributed by atoms with Gasteiger partial charge in [-0.1, -0.05) is 51.6 Å². The van der Waals surface area contributed by atoms with Gasteiger partial charge in [0.2, 0.25) is 0 Å². The first-order valence-corrected chi connectivity index (χ1v) is 4.19. The second kappa shape index (κ2) is 6.65. The summed E-state index contributed by atoms with van der Waals surface area (Å²) in [6, 6.07) is 8.10. The molecule has 0 aliphatic carbocycles. The molecule has 0 nitrogen and oxygen atoms in total. The van der Waals surface area contributed by atoms with Crippen LogP contribution >= 0.6 is 12.6 Å². The van der Waals surface area contributed by atoms with Crippen LogP contribution in [0.25, 0.3) is 0 Å². The zero-order chi connectivity index (χ0) is 8.48. The van der Waals surface area contributed by atoms with Crippen LogP contribution in [0.5, 0.6) is 0 Å². The molecule has 0 amide bonds. The van der Waals surface area contributed by atoms with E-state index in [1.54, 1.807) is 0 Å². The molecule has 0 saturated carbocycles. The maximum absolute atomic E-state index is 5.20. The van der Waals surface area contributed by atoms with Crippen molar-refractivity contribution < 1.29 is 14.1 Å². The Labute approximate surface area is 88.2 Å². The summed E-state index contributed by atoms with van der Waals surface area (Å²) in [6.07, 6.45) is 0. The summed E-state index contributed by atoms with van der Waals surface area (Å²) < 4.78 is 0. The third-order valence-electron chi connectivity index (χ3n) is 1.70. The predicted octanol–water partition coefficient (Wildman–Crippen LogP) is 4.00. The lowest BCUT2D eigenvalue weighted by Crippen LogP contribution is -2.11. The maximum atomic E-state index is 5.20. The van der Waals surface area contributed by atoms with Crippen molar-refractivity contribution in [1.82, 2.24) is 0 Å². The van der Waals surface area contributed by atoms with E-state index in [-0.39, 0.29) is 19.5 Å². The molecule has 0 saturated heterocycles. The van der Waals surface area contributed by atoms with E-state index in [4.69, 9.17) is 12.6 Å². The molecular formula is C10H16F3S. The molecule has 0 spiro atoms. The molecule has 83 valence electrons. The summed E-state index contributed by atoms with van der Waals surface area (Å²) in [6.45, 7) is 6.54. The SMILES string of the molecule is CC(C)(C)c1ccccc1[S].F.F.F. The minimum absolute atomic E-state index is 0. The van der Waals surface area contributed by atoms with Crippen LogP contribution in [0, 0.1) is 0 Å². The zero-order valence-corrected chi connectivity index (χ0v) is 9.26. The van der Waals surface area contributed by atoms with Gasteiger partial charge < -0.3 is 0 Å². The van der Waals surface area contributed by atoms with Crippen LogP contribution < -0.4 is 0 Å². The van der Waals surface area contributed by atoms with Gasteiger partial charge in [-0.2, -0.15) is 0 Å². The van der Waals surface area contributed by atoms with Gasteiger partial charge in [0.05, 0.1) is 0 Å². The van der Waals surface area contributed by atoms with Crippen LogP contribution in [0.1, 0.15) is 26.3 Å². The minimum atomic E-state index is 0. The van der Waals surface area contributed by atoms with Gasteiger partial charge in [0.15, 0.2) is 0 Å². The largest absolute Gasteiger partial charge is 0.269 e. The van der Waals surface area contributed by atoms with E-state index in [0.29, 0.717) is 0 Å². The number of hydrogen-bond donors (Lipinski definition) is 0. The molecule has 0 heterocycles. The van der Waals surface area contributed by atoms with E-state index in [9.17, 15) is 0 Å². The number of benzene rings is 1. The Morgan fingerprint density at radius 2 is 1.36 bits per heavy atom. The molecule has 0 aromatic heterocycles. The minimum Gasteiger partial charge on any atom is -0.269 e. The highest BCUT2D eigenvalue weighted by atomic mass is 32.1. The van der Waals surface area contributed by atoms with Crippen molar-refractivity contribution >= 4 is 12.6 Å². The highest BCUT2D eigenvalue weighted by Gasteiger charge is 2.15. The van der Waals surface area contributed by atoms with E-state index < -0.39 is 0 Å². The van der Waals surface area contributed by atoms with Gasteiger partial charge in [0, 0.05) is 4.90 Å². The van der Waals surface area contributed by atoms with E-state index in [2.05, 4.69) is 26.8 Å². The Morgan fingerprint density at radius 1 is 0.929 bits per heavy atom. The third-order valence-corrected chi connectivity index (χ3v) is 2.05. The van der Waals surface area contributed by atoms with Crippen molar-refractivity contribution in [2.75, 3.05) is 0 Å². The fraction of sp³-hybridized carbons (Fsp3) is 0.400. The molecule has 1 radical (unpaired) electrons. The third kappa shape index (κ3) is 4.46. The highest BCUT2D eigenvalue weighted by molar-refractivity contribution is 7.80. The molecule has 0 N–H and O–H groups in total. The molecule has 0 atom stereocenters. The summed E-state index contributed by atoms with van der Waals surface area (Å²) in [5.74, 6) is 0. The normalized spacial score (nSPS) is 9.07. The summed E-state index contributed by atoms with van der Waals surface area (Å²) in [5, 5.41) is 0. The van der Waals surface area contributed by atoms with Crippen LogP contribution in [-0.2, 0) is 5.41 Å². The fourth-order valence-electron chi connectivity index (χ4n) is 1.09. The quantitative estimate of drug-likeness (QED) is 0.626. The van der Waals surface area contributed by atoms with Crippen molar-refractivity contribution in [1.29, 1.82) is 0 Å². The Hall–Kier alpha value is -0.770. The number of halogens is 3. The first-order valence-electron chi connectivity index (χ1n) is 3.78. The Kier molecular flexibility index (Phi) is 8.98. The summed E-state index contributed by atoms with van der Waals surface area (Å²) >= 11 is 5.20. The first kappa shape index (κ1) is 18.9. The lowest BCUT2D eigenvalue weighted by Gasteiger charge is -2.19. The van der Waals surface area contributed by atoms with Crippen molar-refractivity contribution in [2.45, 2.75) is 31.1 Å². The fourth-order valence-corrected chi connectivity index (χ4v) is 1.54. The standard InChI is InChI=1S/C10H13S.3FH/c1-10(2,3)8-6-4-5-7-9(8)11;;;/h4-7H,1-3H3;3*1H. The zero-order valence-electron chi connectivity index (χ0n) is 8.44. The van der Waals surface area contributed by atoms with Crippen molar-refractivity contribution in [2.24, 2.45) is 0 Å². The molecule has 1 aromatic rings. The van der Waals surface area contributed by atoms with Crippen molar-refractivity contribution in [3.8, 4) is 0 Å². The van der Waals surface area contributed by atoms with E-state index in [1.165, 1.54) is 5.56 Å². The van der Waals surface area contributed by atoms with E-state index in [0.717, 1.165) is 4.90 Å². The monoisotopic (exact) mass is 225 g/mol. The molecule has 1 aromatic carbocycles. The van der Waals surface area contributed by atoms with Gasteiger partial charge in [0.1, 0.15) is 0 Å². The average molecular weight is 225 g/mol. The van der Waals surface area contributed by atoms with Crippen LogP contribution in [0.3, 0.4) is 0 Å². The van der Waals surface area contributed by atoms with Crippen LogP contribution in [-0.4, -0.2) is 0 Å². The molecule has 0 unspecified atom stereocenters. The van der Waals surface area contributed by atoms with Gasteiger partial charge in [-0.05, 0) is 17.0 Å². The lowest BCUT2D eigenvalue weighted by atomic mass is 9.87. The van der Waals surface area contributed by atoms with Gasteiger partial charge in [-0.15, -0.1) is 0 Å². The smallest absolute Gasteiger partial charge is 0.0414 e. The Balaban J connectivity index is -0.000000403. The molecular weight excluding hydrogens is 209 g/mol. The van der Waals surface area contributed by atoms with Gasteiger partial charge in [-0.25, -0.2) is 0 Å². The molecule has 0 aliphatic rings. The van der Waals surface area contributed by atoms with Crippen LogP contribution in [0.4, 0.5) is 14.1 Å². The molecule has 1 rings (SSSR count). The molecule has 4 heteroatoms. The topological polar surface area (TPSA) is 0 Å². The van der Waals surface area contributed by atoms with Gasteiger partial charge in [-0.3, -0.25) is 14.1 Å². The number of rotatable bonds is 0. The summed E-state index contributed by atoms with van der Waals surface area (Å²) in [4.78, 5) is 0.972. The van der Waals surface area contributed by atoms with Crippen molar-refractivity contribution in [3.05, 3.63) is 29.8 Å². The van der Waals surface area contributed by atoms with Gasteiger partial charge >= 0.3 is 0 Å². The lowest BCUT2D eigenvalue weighted by molar-refractivity contribution is 0.578. The highest BCUT2D eigenvalue weighted by Crippen LogP contribution is 2.27. The van der Waals surface area contributed by atoms with E-state index in [1.807, 2.05) is 18.2 Å². The second-order valence-corrected chi connectivity index (χ2v) is 4.19. The van der Waals surface area contributed by atoms with Crippen molar-refractivity contribution in [3.63, 3.8) is 0 Å². The summed E-state index contributed by atoms with van der Waals surface area (Å²) in [7, 11) is 0. The molecule has 0 bridgehead atoms. The molecule has 0 aliphatic heterocycles. The average Bonchev–Trinajstić information content (AvgIpc) is 1.86. The van der Waals surface area contributed by atoms with Gasteiger partial charge in [0.25, 0.3) is 0 Å².